The first kappa shape index (κ1) is 5.94. The second kappa shape index (κ2) is 2.39. The van der Waals surface area contributed by atoms with Crippen LogP contribution in [0.25, 0.3) is 0 Å². The SMILES string of the molecule is [O]S(=O)c1cccs1. The number of thiophene rings is 1. The first-order valence-corrected chi connectivity index (χ1v) is 3.89. The maximum atomic E-state index is 10.1. The number of hydrogen-bond acceptors (Lipinski definition) is 2. The van der Waals surface area contributed by atoms with E-state index >= 15 is 0 Å². The largest absolute Gasteiger partial charge is 0.231 e. The fraction of sp³-hybridized carbons (Fsp3) is 0. The first-order chi connectivity index (χ1) is 3.80. The molecule has 1 aromatic heterocycles. The van der Waals surface area contributed by atoms with Crippen molar-refractivity contribution in [2.45, 2.75) is 4.21 Å². The molecule has 1 rings (SSSR count). The molecule has 0 saturated heterocycles. The minimum absolute atomic E-state index is 0.394. The van der Waals surface area contributed by atoms with Crippen LogP contribution in [0.3, 0.4) is 0 Å². The third-order valence-electron chi connectivity index (χ3n) is 0.659. The lowest BCUT2D eigenvalue weighted by Crippen LogP contribution is -1.76. The molecule has 1 radical (unpaired) electrons. The summed E-state index contributed by atoms with van der Waals surface area (Å²) in [4.78, 5) is 0. The van der Waals surface area contributed by atoms with Gasteiger partial charge in [-0.1, -0.05) is 6.07 Å². The Kier molecular flexibility index (Phi) is 1.77. The van der Waals surface area contributed by atoms with Crippen LogP contribution in [0.2, 0.25) is 0 Å². The van der Waals surface area contributed by atoms with Gasteiger partial charge in [0.15, 0.2) is 0 Å². The summed E-state index contributed by atoms with van der Waals surface area (Å²) in [6.07, 6.45) is 0. The molecule has 0 saturated carbocycles. The Morgan fingerprint density at radius 1 is 1.62 bits per heavy atom. The molecule has 0 amide bonds. The van der Waals surface area contributed by atoms with E-state index in [-0.39, 0.29) is 0 Å². The van der Waals surface area contributed by atoms with E-state index in [9.17, 15) is 8.76 Å². The van der Waals surface area contributed by atoms with Crippen LogP contribution in [-0.2, 0) is 15.6 Å². The van der Waals surface area contributed by atoms with Gasteiger partial charge in [-0.2, -0.15) is 0 Å². The molecule has 1 unspecified atom stereocenters. The van der Waals surface area contributed by atoms with Crippen LogP contribution < -0.4 is 0 Å². The summed E-state index contributed by atoms with van der Waals surface area (Å²) in [5.41, 5.74) is 0. The third-order valence-corrected chi connectivity index (χ3v) is 2.48. The fourth-order valence-corrected chi connectivity index (χ4v) is 1.48. The minimum atomic E-state index is -2.03. The van der Waals surface area contributed by atoms with Crippen LogP contribution in [-0.4, -0.2) is 4.21 Å². The molecule has 2 nitrogen and oxygen atoms in total. The molecule has 0 bridgehead atoms. The zero-order valence-electron chi connectivity index (χ0n) is 3.87. The second-order valence-corrected chi connectivity index (χ2v) is 3.28. The highest BCUT2D eigenvalue weighted by Crippen LogP contribution is 2.11. The third kappa shape index (κ3) is 1.15. The van der Waals surface area contributed by atoms with Crippen LogP contribution in [0.1, 0.15) is 0 Å². The van der Waals surface area contributed by atoms with E-state index in [4.69, 9.17) is 0 Å². The van der Waals surface area contributed by atoms with Crippen LogP contribution in [0.15, 0.2) is 21.7 Å². The smallest absolute Gasteiger partial charge is 0.221 e. The van der Waals surface area contributed by atoms with Gasteiger partial charge in [-0.3, -0.25) is 0 Å². The van der Waals surface area contributed by atoms with Crippen LogP contribution in [0.5, 0.6) is 0 Å². The van der Waals surface area contributed by atoms with Crippen LogP contribution in [0.4, 0.5) is 0 Å². The molecule has 43 valence electrons. The summed E-state index contributed by atoms with van der Waals surface area (Å²) < 4.78 is 20.5. The van der Waals surface area contributed by atoms with Crippen molar-refractivity contribution in [1.82, 2.24) is 0 Å². The first-order valence-electron chi connectivity index (χ1n) is 1.93. The van der Waals surface area contributed by atoms with Gasteiger partial charge in [0.2, 0.25) is 11.1 Å². The van der Waals surface area contributed by atoms with Crippen molar-refractivity contribution in [3.05, 3.63) is 17.5 Å². The lowest BCUT2D eigenvalue weighted by molar-refractivity contribution is 0.475. The van der Waals surface area contributed by atoms with Crippen molar-refractivity contribution in [2.75, 3.05) is 0 Å². The molecular formula is C4H3O2S2. The van der Waals surface area contributed by atoms with E-state index in [1.165, 1.54) is 11.3 Å². The van der Waals surface area contributed by atoms with Gasteiger partial charge in [0.05, 0.1) is 0 Å². The summed E-state index contributed by atoms with van der Waals surface area (Å²) in [5.74, 6) is 0. The normalized spacial score (nSPS) is 13.6. The number of rotatable bonds is 1. The Morgan fingerprint density at radius 3 is 2.62 bits per heavy atom. The van der Waals surface area contributed by atoms with Crippen molar-refractivity contribution >= 4 is 22.4 Å². The average Bonchev–Trinajstić information content (AvgIpc) is 2.12. The van der Waals surface area contributed by atoms with E-state index in [0.29, 0.717) is 4.21 Å². The standard InChI is InChI=1S/C4H3O2S2/c5-8(6)4-2-1-3-7-4/h1-3H. The van der Waals surface area contributed by atoms with Crippen molar-refractivity contribution < 1.29 is 8.76 Å². The maximum Gasteiger partial charge on any atom is 0.231 e. The molecule has 0 aromatic carbocycles. The van der Waals surface area contributed by atoms with Crippen LogP contribution in [0, 0.1) is 0 Å². The maximum absolute atomic E-state index is 10.1. The van der Waals surface area contributed by atoms with Crippen molar-refractivity contribution in [1.29, 1.82) is 0 Å². The predicted molar refractivity (Wildman–Crippen MR) is 31.4 cm³/mol. The highest BCUT2D eigenvalue weighted by Gasteiger charge is 1.98. The molecule has 1 atom stereocenters. The lowest BCUT2D eigenvalue weighted by Gasteiger charge is -1.76. The van der Waals surface area contributed by atoms with Gasteiger partial charge in [-0.25, -0.2) is 4.21 Å². The Hall–Kier alpha value is -0.190. The molecule has 4 heteroatoms. The lowest BCUT2D eigenvalue weighted by atomic mass is 10.7. The summed E-state index contributed by atoms with van der Waals surface area (Å²) in [7, 11) is 0. The second-order valence-electron chi connectivity index (χ2n) is 1.17. The minimum Gasteiger partial charge on any atom is -0.221 e. The van der Waals surface area contributed by atoms with Gasteiger partial charge in [-0.15, -0.1) is 15.9 Å². The number of hydrogen-bond donors (Lipinski definition) is 0. The zero-order chi connectivity index (χ0) is 5.98. The molecule has 0 fully saturated rings. The Bertz CT molecular complexity index is 180. The monoisotopic (exact) mass is 147 g/mol. The van der Waals surface area contributed by atoms with E-state index in [0.717, 1.165) is 0 Å². The topological polar surface area (TPSA) is 37.0 Å². The summed E-state index contributed by atoms with van der Waals surface area (Å²) >= 11 is -0.811. The van der Waals surface area contributed by atoms with Crippen molar-refractivity contribution in [3.63, 3.8) is 0 Å². The summed E-state index contributed by atoms with van der Waals surface area (Å²) in [6, 6.07) is 3.27. The zero-order valence-corrected chi connectivity index (χ0v) is 5.50. The highest BCUT2D eigenvalue weighted by atomic mass is 32.2. The predicted octanol–water partition coefficient (Wildman–Crippen LogP) is 1.20. The molecule has 0 aliphatic rings. The van der Waals surface area contributed by atoms with Crippen molar-refractivity contribution in [3.8, 4) is 0 Å². The van der Waals surface area contributed by atoms with E-state index < -0.39 is 11.1 Å². The Morgan fingerprint density at radius 2 is 2.38 bits per heavy atom. The molecule has 0 N–H and O–H groups in total. The van der Waals surface area contributed by atoms with E-state index in [1.54, 1.807) is 17.5 Å². The van der Waals surface area contributed by atoms with E-state index in [2.05, 4.69) is 0 Å². The molecule has 8 heavy (non-hydrogen) atoms. The Labute approximate surface area is 53.4 Å². The molecular weight excluding hydrogens is 144 g/mol. The molecule has 1 heterocycles. The van der Waals surface area contributed by atoms with Gasteiger partial charge in [0.25, 0.3) is 0 Å². The molecule has 0 aliphatic heterocycles. The molecule has 0 spiro atoms. The van der Waals surface area contributed by atoms with Gasteiger partial charge in [0, 0.05) is 0 Å². The van der Waals surface area contributed by atoms with Gasteiger partial charge < -0.3 is 0 Å². The van der Waals surface area contributed by atoms with Gasteiger partial charge >= 0.3 is 0 Å². The van der Waals surface area contributed by atoms with Crippen LogP contribution >= 0.6 is 11.3 Å². The van der Waals surface area contributed by atoms with Crippen molar-refractivity contribution in [2.24, 2.45) is 0 Å². The fourth-order valence-electron chi connectivity index (χ4n) is 0.358. The Balaban J connectivity index is 2.93. The van der Waals surface area contributed by atoms with Gasteiger partial charge in [-0.05, 0) is 11.4 Å². The quantitative estimate of drug-likeness (QED) is 0.588. The average molecular weight is 147 g/mol. The highest BCUT2D eigenvalue weighted by molar-refractivity contribution is 7.81. The van der Waals surface area contributed by atoms with Gasteiger partial charge in [0.1, 0.15) is 4.21 Å². The summed E-state index contributed by atoms with van der Waals surface area (Å²) in [6.45, 7) is 0. The molecule has 0 aliphatic carbocycles. The van der Waals surface area contributed by atoms with E-state index in [1.807, 2.05) is 0 Å². The molecule has 1 aromatic rings. The summed E-state index contributed by atoms with van der Waals surface area (Å²) in [5, 5.41) is 1.73.